The van der Waals surface area contributed by atoms with Crippen molar-refractivity contribution < 1.29 is 14.7 Å². The Morgan fingerprint density at radius 2 is 1.93 bits per heavy atom. The standard InChI is InChI=1S/C20H22N6O3/c1-13(27)24(2)16-11-25(12-16)10-14-6-8-15(9-7-14)17-4-3-5-18-21-19(22-20(28)29)23-26(17)18/h3-9,16H,10-12H2,1-2H3,(H,22,23)(H,28,29). The number of rotatable bonds is 5. The molecule has 1 aromatic carbocycles. The molecule has 2 amide bonds. The van der Waals surface area contributed by atoms with E-state index in [1.54, 1.807) is 22.4 Å². The third kappa shape index (κ3) is 3.90. The van der Waals surface area contributed by atoms with Crippen LogP contribution in [0.5, 0.6) is 0 Å². The lowest BCUT2D eigenvalue weighted by Crippen LogP contribution is -2.58. The second-order valence-corrected chi connectivity index (χ2v) is 7.22. The summed E-state index contributed by atoms with van der Waals surface area (Å²) in [5, 5.41) is 15.3. The fourth-order valence-electron chi connectivity index (χ4n) is 3.49. The van der Waals surface area contributed by atoms with Crippen molar-refractivity contribution in [1.82, 2.24) is 24.4 Å². The number of anilines is 1. The average molecular weight is 394 g/mol. The van der Waals surface area contributed by atoms with E-state index in [-0.39, 0.29) is 11.9 Å². The van der Waals surface area contributed by atoms with Gasteiger partial charge in [0, 0.05) is 39.2 Å². The Morgan fingerprint density at radius 3 is 2.59 bits per heavy atom. The van der Waals surface area contributed by atoms with Gasteiger partial charge in [-0.05, 0) is 17.7 Å². The van der Waals surface area contributed by atoms with E-state index in [0.717, 1.165) is 30.9 Å². The van der Waals surface area contributed by atoms with Gasteiger partial charge in [-0.1, -0.05) is 30.3 Å². The van der Waals surface area contributed by atoms with Crippen LogP contribution in [0, 0.1) is 0 Å². The zero-order valence-electron chi connectivity index (χ0n) is 16.2. The van der Waals surface area contributed by atoms with Crippen LogP contribution in [0.15, 0.2) is 42.5 Å². The molecular weight excluding hydrogens is 372 g/mol. The number of nitrogens with one attached hydrogen (secondary N) is 1. The molecule has 9 nitrogen and oxygen atoms in total. The molecule has 9 heteroatoms. The van der Waals surface area contributed by atoms with Gasteiger partial charge in [-0.3, -0.25) is 15.0 Å². The molecule has 0 aliphatic carbocycles. The fraction of sp³-hybridized carbons (Fsp3) is 0.300. The van der Waals surface area contributed by atoms with Crippen molar-refractivity contribution in [1.29, 1.82) is 0 Å². The van der Waals surface area contributed by atoms with Gasteiger partial charge >= 0.3 is 6.09 Å². The zero-order chi connectivity index (χ0) is 20.5. The zero-order valence-corrected chi connectivity index (χ0v) is 16.2. The number of amides is 2. The smallest absolute Gasteiger partial charge is 0.411 e. The molecule has 3 heterocycles. The molecule has 0 bridgehead atoms. The number of likely N-dealkylation sites (N-methyl/N-ethyl adjacent to an activating group) is 1. The molecular formula is C20H22N6O3. The first-order chi connectivity index (χ1) is 13.9. The average Bonchev–Trinajstić information content (AvgIpc) is 3.05. The summed E-state index contributed by atoms with van der Waals surface area (Å²) in [4.78, 5) is 30.5. The van der Waals surface area contributed by atoms with E-state index >= 15 is 0 Å². The second-order valence-electron chi connectivity index (χ2n) is 7.22. The Hall–Kier alpha value is -3.46. The van der Waals surface area contributed by atoms with Crippen molar-refractivity contribution in [2.24, 2.45) is 0 Å². The van der Waals surface area contributed by atoms with Crippen LogP contribution in [0.2, 0.25) is 0 Å². The number of hydrogen-bond donors (Lipinski definition) is 2. The number of carbonyl (C=O) groups is 2. The minimum atomic E-state index is -1.20. The first kappa shape index (κ1) is 18.9. The van der Waals surface area contributed by atoms with Crippen molar-refractivity contribution in [3.63, 3.8) is 0 Å². The molecule has 150 valence electrons. The maximum absolute atomic E-state index is 11.4. The number of benzene rings is 1. The number of hydrogen-bond acceptors (Lipinski definition) is 5. The fourth-order valence-corrected chi connectivity index (χ4v) is 3.49. The van der Waals surface area contributed by atoms with E-state index in [0.29, 0.717) is 11.7 Å². The summed E-state index contributed by atoms with van der Waals surface area (Å²) < 4.78 is 1.62. The molecule has 0 saturated carbocycles. The topological polar surface area (TPSA) is 103 Å². The lowest BCUT2D eigenvalue weighted by atomic mass is 10.0. The maximum Gasteiger partial charge on any atom is 0.411 e. The Morgan fingerprint density at radius 1 is 1.21 bits per heavy atom. The van der Waals surface area contributed by atoms with Gasteiger partial charge in [-0.15, -0.1) is 5.10 Å². The number of nitrogens with zero attached hydrogens (tertiary/aromatic N) is 5. The molecule has 1 saturated heterocycles. The van der Waals surface area contributed by atoms with Crippen molar-refractivity contribution in [2.75, 3.05) is 25.5 Å². The molecule has 1 aliphatic heterocycles. The predicted octanol–water partition coefficient (Wildman–Crippen LogP) is 2.15. The van der Waals surface area contributed by atoms with E-state index in [9.17, 15) is 9.59 Å². The Bertz CT molecular complexity index is 1060. The highest BCUT2D eigenvalue weighted by molar-refractivity contribution is 5.80. The van der Waals surface area contributed by atoms with Crippen molar-refractivity contribution in [3.8, 4) is 11.3 Å². The lowest BCUT2D eigenvalue weighted by Gasteiger charge is -2.43. The number of likely N-dealkylation sites (tertiary alicyclic amines) is 1. The van der Waals surface area contributed by atoms with Gasteiger partial charge in [-0.25, -0.2) is 9.31 Å². The van der Waals surface area contributed by atoms with Crippen LogP contribution in [0.25, 0.3) is 16.9 Å². The van der Waals surface area contributed by atoms with Gasteiger partial charge in [0.25, 0.3) is 5.95 Å². The molecule has 29 heavy (non-hydrogen) atoms. The summed E-state index contributed by atoms with van der Waals surface area (Å²) in [6.45, 7) is 4.20. The molecule has 0 radical (unpaired) electrons. The summed E-state index contributed by atoms with van der Waals surface area (Å²) in [6.07, 6.45) is -1.20. The van der Waals surface area contributed by atoms with Crippen LogP contribution in [-0.2, 0) is 11.3 Å². The van der Waals surface area contributed by atoms with Crippen molar-refractivity contribution >= 4 is 23.6 Å². The molecule has 0 atom stereocenters. The Kier molecular flexibility index (Phi) is 4.89. The first-order valence-electron chi connectivity index (χ1n) is 9.31. The maximum atomic E-state index is 11.4. The SMILES string of the molecule is CC(=O)N(C)C1CN(Cc2ccc(-c3cccc4nc(NC(=O)O)nn34)cc2)C1. The van der Waals surface area contributed by atoms with Gasteiger partial charge in [0.15, 0.2) is 5.65 Å². The number of carboxylic acid groups (broad SMARTS) is 1. The molecule has 0 spiro atoms. The highest BCUT2D eigenvalue weighted by Gasteiger charge is 2.30. The summed E-state index contributed by atoms with van der Waals surface area (Å²) in [6, 6.07) is 14.0. The van der Waals surface area contributed by atoms with E-state index in [4.69, 9.17) is 5.11 Å². The van der Waals surface area contributed by atoms with Crippen molar-refractivity contribution in [2.45, 2.75) is 19.5 Å². The van der Waals surface area contributed by atoms with Crippen LogP contribution < -0.4 is 5.32 Å². The van der Waals surface area contributed by atoms with E-state index < -0.39 is 6.09 Å². The van der Waals surface area contributed by atoms with Crippen LogP contribution in [-0.4, -0.2) is 67.7 Å². The quantitative estimate of drug-likeness (QED) is 0.687. The molecule has 2 aromatic heterocycles. The van der Waals surface area contributed by atoms with E-state index in [2.05, 4.69) is 32.4 Å². The second kappa shape index (κ2) is 7.51. The van der Waals surface area contributed by atoms with Crippen LogP contribution in [0.3, 0.4) is 0 Å². The largest absolute Gasteiger partial charge is 0.465 e. The lowest BCUT2D eigenvalue weighted by molar-refractivity contribution is -0.133. The minimum absolute atomic E-state index is 0.0458. The summed E-state index contributed by atoms with van der Waals surface area (Å²) >= 11 is 0. The van der Waals surface area contributed by atoms with Crippen LogP contribution >= 0.6 is 0 Å². The van der Waals surface area contributed by atoms with Gasteiger partial charge in [0.05, 0.1) is 11.7 Å². The third-order valence-corrected chi connectivity index (χ3v) is 5.22. The molecule has 0 unspecified atom stereocenters. The minimum Gasteiger partial charge on any atom is -0.465 e. The van der Waals surface area contributed by atoms with Crippen LogP contribution in [0.1, 0.15) is 12.5 Å². The molecule has 4 rings (SSSR count). The summed E-state index contributed by atoms with van der Waals surface area (Å²) in [7, 11) is 1.85. The third-order valence-electron chi connectivity index (χ3n) is 5.22. The molecule has 1 aliphatic rings. The van der Waals surface area contributed by atoms with E-state index in [1.165, 1.54) is 5.56 Å². The first-order valence-corrected chi connectivity index (χ1v) is 9.31. The molecule has 1 fully saturated rings. The number of carbonyl (C=O) groups excluding carboxylic acids is 1. The van der Waals surface area contributed by atoms with Gasteiger partial charge in [-0.2, -0.15) is 4.98 Å². The van der Waals surface area contributed by atoms with E-state index in [1.807, 2.05) is 31.3 Å². The monoisotopic (exact) mass is 394 g/mol. The molecule has 2 N–H and O–H groups in total. The predicted molar refractivity (Wildman–Crippen MR) is 108 cm³/mol. The van der Waals surface area contributed by atoms with Gasteiger partial charge in [0.1, 0.15) is 0 Å². The number of pyridine rings is 1. The summed E-state index contributed by atoms with van der Waals surface area (Å²) in [5.41, 5.74) is 3.55. The van der Waals surface area contributed by atoms with Gasteiger partial charge in [0.2, 0.25) is 5.91 Å². The summed E-state index contributed by atoms with van der Waals surface area (Å²) in [5.74, 6) is 0.146. The normalized spacial score (nSPS) is 14.6. The van der Waals surface area contributed by atoms with Gasteiger partial charge < -0.3 is 10.0 Å². The Balaban J connectivity index is 1.47. The molecule has 3 aromatic rings. The highest BCUT2D eigenvalue weighted by Crippen LogP contribution is 2.23. The highest BCUT2D eigenvalue weighted by atomic mass is 16.4. The van der Waals surface area contributed by atoms with Crippen LogP contribution in [0.4, 0.5) is 10.7 Å². The number of fused-ring (bicyclic) bond motifs is 1. The number of aromatic nitrogens is 3. The van der Waals surface area contributed by atoms with Crippen molar-refractivity contribution in [3.05, 3.63) is 48.0 Å². The Labute approximate surface area is 167 Å².